The summed E-state index contributed by atoms with van der Waals surface area (Å²) in [7, 11) is 0. The van der Waals surface area contributed by atoms with E-state index in [-0.39, 0.29) is 24.5 Å². The van der Waals surface area contributed by atoms with Crippen LogP contribution in [0.2, 0.25) is 0 Å². The first-order valence-electron chi connectivity index (χ1n) is 11.7. The van der Waals surface area contributed by atoms with E-state index in [1.165, 1.54) is 0 Å². The normalized spacial score (nSPS) is 15.1. The lowest BCUT2D eigenvalue weighted by atomic mass is 10.0. The van der Waals surface area contributed by atoms with Crippen molar-refractivity contribution in [3.63, 3.8) is 0 Å². The molecule has 1 amide bonds. The van der Waals surface area contributed by atoms with Crippen LogP contribution >= 0.6 is 0 Å². The van der Waals surface area contributed by atoms with Gasteiger partial charge in [-0.2, -0.15) is 4.98 Å². The third kappa shape index (κ3) is 6.21. The van der Waals surface area contributed by atoms with Gasteiger partial charge in [0.25, 0.3) is 5.91 Å². The van der Waals surface area contributed by atoms with E-state index < -0.39 is 12.7 Å². The minimum Gasteiger partial charge on any atom is -0.486 e. The van der Waals surface area contributed by atoms with E-state index in [2.05, 4.69) is 25.3 Å². The number of hydrogen-bond donors (Lipinski definition) is 3. The molecule has 2 aromatic heterocycles. The van der Waals surface area contributed by atoms with E-state index in [0.717, 1.165) is 35.7 Å². The molecule has 1 saturated heterocycles. The van der Waals surface area contributed by atoms with Crippen LogP contribution in [0.5, 0.6) is 5.75 Å². The summed E-state index contributed by atoms with van der Waals surface area (Å²) < 4.78 is 11.3. The van der Waals surface area contributed by atoms with Crippen molar-refractivity contribution < 1.29 is 24.3 Å². The van der Waals surface area contributed by atoms with Crippen LogP contribution in [0.15, 0.2) is 41.1 Å². The Hall–Kier alpha value is -3.34. The number of carbonyl (C=O) groups excluding carboxylic acids is 1. The molecule has 1 aromatic carbocycles. The van der Waals surface area contributed by atoms with Gasteiger partial charge in [-0.3, -0.25) is 14.7 Å². The standard InChI is InChI=1S/C25H31N5O5/c1-15(2)24-28-23(35-29-24)13-30-11-20(12-30)34-19-5-7-22(26-10-19)21-6-4-17(8-16(21)3)25(33)27-9-18(32)14-31/h4-8,10,15,18,20,31-32H,9,11-14H2,1-3H3,(H,27,33)/t18-/m0/s1. The molecule has 0 radical (unpaired) electrons. The summed E-state index contributed by atoms with van der Waals surface area (Å²) in [4.78, 5) is 23.4. The predicted molar refractivity (Wildman–Crippen MR) is 128 cm³/mol. The molecule has 0 spiro atoms. The average molecular weight is 482 g/mol. The SMILES string of the molecule is Cc1cc(C(=O)NC[C@H](O)CO)ccc1-c1ccc(OC2CN(Cc3nc(C(C)C)no3)C2)cn1. The van der Waals surface area contributed by atoms with E-state index in [0.29, 0.717) is 23.7 Å². The Kier molecular flexibility index (Phi) is 7.74. The second kappa shape index (κ2) is 10.9. The molecule has 3 aromatic rings. The Balaban J connectivity index is 1.28. The quantitative estimate of drug-likeness (QED) is 0.397. The minimum atomic E-state index is -0.976. The van der Waals surface area contributed by atoms with Gasteiger partial charge in [-0.25, -0.2) is 0 Å². The summed E-state index contributed by atoms with van der Waals surface area (Å²) in [5.74, 6) is 1.99. The van der Waals surface area contributed by atoms with Crippen molar-refractivity contribution in [1.82, 2.24) is 25.3 Å². The molecule has 1 atom stereocenters. The van der Waals surface area contributed by atoms with Gasteiger partial charge in [0.2, 0.25) is 5.89 Å². The average Bonchev–Trinajstić information content (AvgIpc) is 3.30. The zero-order valence-electron chi connectivity index (χ0n) is 20.1. The first kappa shape index (κ1) is 24.8. The maximum absolute atomic E-state index is 12.2. The van der Waals surface area contributed by atoms with E-state index >= 15 is 0 Å². The number of nitrogens with zero attached hydrogens (tertiary/aromatic N) is 4. The topological polar surface area (TPSA) is 134 Å². The van der Waals surface area contributed by atoms with Gasteiger partial charge in [0, 0.05) is 36.7 Å². The highest BCUT2D eigenvalue weighted by molar-refractivity contribution is 5.95. The number of aliphatic hydroxyl groups is 2. The van der Waals surface area contributed by atoms with Gasteiger partial charge < -0.3 is 24.8 Å². The van der Waals surface area contributed by atoms with E-state index in [1.54, 1.807) is 18.3 Å². The van der Waals surface area contributed by atoms with Crippen molar-refractivity contribution in [2.24, 2.45) is 0 Å². The third-order valence-corrected chi connectivity index (χ3v) is 5.80. The number of rotatable bonds is 10. The summed E-state index contributed by atoms with van der Waals surface area (Å²) in [6, 6.07) is 9.14. The number of hydrogen-bond acceptors (Lipinski definition) is 9. The lowest BCUT2D eigenvalue weighted by Gasteiger charge is -2.37. The Bertz CT molecular complexity index is 1140. The number of likely N-dealkylation sites (tertiary alicyclic amines) is 1. The summed E-state index contributed by atoms with van der Waals surface area (Å²) in [6.07, 6.45) is 0.816. The molecule has 3 heterocycles. The monoisotopic (exact) mass is 481 g/mol. The first-order chi connectivity index (χ1) is 16.8. The summed E-state index contributed by atoms with van der Waals surface area (Å²) in [5.41, 5.74) is 3.08. The number of aliphatic hydroxyl groups excluding tert-OH is 2. The van der Waals surface area contributed by atoms with E-state index in [1.807, 2.05) is 39.0 Å². The van der Waals surface area contributed by atoms with Crippen molar-refractivity contribution >= 4 is 5.91 Å². The lowest BCUT2D eigenvalue weighted by Crippen LogP contribution is -2.53. The third-order valence-electron chi connectivity index (χ3n) is 5.80. The van der Waals surface area contributed by atoms with E-state index in [9.17, 15) is 9.90 Å². The Morgan fingerprint density at radius 1 is 1.29 bits per heavy atom. The van der Waals surface area contributed by atoms with Gasteiger partial charge in [-0.05, 0) is 36.8 Å². The first-order valence-corrected chi connectivity index (χ1v) is 11.7. The highest BCUT2D eigenvalue weighted by atomic mass is 16.5. The molecule has 0 bridgehead atoms. The van der Waals surface area contributed by atoms with Gasteiger partial charge in [-0.1, -0.05) is 25.1 Å². The number of aryl methyl sites for hydroxylation is 1. The number of pyridine rings is 1. The van der Waals surface area contributed by atoms with Crippen LogP contribution in [0.1, 0.15) is 47.4 Å². The Morgan fingerprint density at radius 3 is 2.71 bits per heavy atom. The van der Waals surface area contributed by atoms with Gasteiger partial charge in [-0.15, -0.1) is 0 Å². The molecule has 4 rings (SSSR count). The van der Waals surface area contributed by atoms with Crippen molar-refractivity contribution in [2.45, 2.75) is 45.4 Å². The van der Waals surface area contributed by atoms with Crippen LogP contribution < -0.4 is 10.1 Å². The minimum absolute atomic E-state index is 0.00604. The van der Waals surface area contributed by atoms with Gasteiger partial charge >= 0.3 is 0 Å². The fraction of sp³-hybridized carbons (Fsp3) is 0.440. The Morgan fingerprint density at radius 2 is 2.09 bits per heavy atom. The maximum Gasteiger partial charge on any atom is 0.251 e. The second-order valence-corrected chi connectivity index (χ2v) is 9.09. The molecule has 10 nitrogen and oxygen atoms in total. The molecule has 1 aliphatic heterocycles. The molecule has 0 saturated carbocycles. The number of aromatic nitrogens is 3. The zero-order chi connectivity index (χ0) is 24.9. The summed E-state index contributed by atoms with van der Waals surface area (Å²) in [5, 5.41) is 24.9. The largest absolute Gasteiger partial charge is 0.486 e. The lowest BCUT2D eigenvalue weighted by molar-refractivity contribution is 0.00844. The molecule has 0 unspecified atom stereocenters. The summed E-state index contributed by atoms with van der Waals surface area (Å²) >= 11 is 0. The number of amides is 1. The highest BCUT2D eigenvalue weighted by Gasteiger charge is 2.30. The van der Waals surface area contributed by atoms with Crippen molar-refractivity contribution in [1.29, 1.82) is 0 Å². The van der Waals surface area contributed by atoms with Crippen LogP contribution in [0.25, 0.3) is 11.3 Å². The highest BCUT2D eigenvalue weighted by Crippen LogP contribution is 2.25. The number of nitrogens with one attached hydrogen (secondary N) is 1. The number of carbonyl (C=O) groups is 1. The zero-order valence-corrected chi connectivity index (χ0v) is 20.1. The predicted octanol–water partition coefficient (Wildman–Crippen LogP) is 1.91. The number of ether oxygens (including phenoxy) is 1. The molecule has 3 N–H and O–H groups in total. The second-order valence-electron chi connectivity index (χ2n) is 9.09. The van der Waals surface area contributed by atoms with Crippen LogP contribution in [-0.4, -0.2) is 74.6 Å². The molecule has 1 fully saturated rings. The molecular formula is C25H31N5O5. The van der Waals surface area contributed by atoms with Crippen molar-refractivity contribution in [3.8, 4) is 17.0 Å². The molecule has 10 heteroatoms. The Labute approximate surface area is 203 Å². The molecule has 0 aliphatic carbocycles. The maximum atomic E-state index is 12.2. The number of benzene rings is 1. The van der Waals surface area contributed by atoms with Gasteiger partial charge in [0.1, 0.15) is 11.9 Å². The van der Waals surface area contributed by atoms with Crippen LogP contribution in [-0.2, 0) is 6.54 Å². The van der Waals surface area contributed by atoms with Gasteiger partial charge in [0.15, 0.2) is 5.82 Å². The van der Waals surface area contributed by atoms with Crippen LogP contribution in [0.3, 0.4) is 0 Å². The van der Waals surface area contributed by atoms with Crippen molar-refractivity contribution in [2.75, 3.05) is 26.2 Å². The summed E-state index contributed by atoms with van der Waals surface area (Å²) in [6.45, 7) is 7.74. The molecule has 1 aliphatic rings. The smallest absolute Gasteiger partial charge is 0.251 e. The fourth-order valence-corrected chi connectivity index (χ4v) is 3.76. The molecule has 186 valence electrons. The fourth-order valence-electron chi connectivity index (χ4n) is 3.76. The van der Waals surface area contributed by atoms with Crippen LogP contribution in [0.4, 0.5) is 0 Å². The van der Waals surface area contributed by atoms with Crippen LogP contribution in [0, 0.1) is 6.92 Å². The van der Waals surface area contributed by atoms with Crippen molar-refractivity contribution in [3.05, 3.63) is 59.4 Å². The molecular weight excluding hydrogens is 450 g/mol. The van der Waals surface area contributed by atoms with Gasteiger partial charge in [0.05, 0.1) is 31.1 Å². The van der Waals surface area contributed by atoms with E-state index in [4.69, 9.17) is 14.4 Å². The molecule has 35 heavy (non-hydrogen) atoms.